The Morgan fingerprint density at radius 2 is 1.43 bits per heavy atom. The van der Waals surface area contributed by atoms with E-state index in [4.69, 9.17) is 0 Å². The molecule has 0 aromatic heterocycles. The van der Waals surface area contributed by atoms with Crippen LogP contribution in [0, 0.1) is 0 Å². The van der Waals surface area contributed by atoms with Crippen molar-refractivity contribution in [1.82, 2.24) is 10.6 Å². The third-order valence-corrected chi connectivity index (χ3v) is 0.354. The SMILES string of the molecule is CN.CNCNC. The lowest BCUT2D eigenvalue weighted by Gasteiger charge is -1.88. The van der Waals surface area contributed by atoms with E-state index in [2.05, 4.69) is 16.4 Å². The summed E-state index contributed by atoms with van der Waals surface area (Å²) in [6.07, 6.45) is 0. The summed E-state index contributed by atoms with van der Waals surface area (Å²) in [5.74, 6) is 0. The maximum atomic E-state index is 4.50. The molecule has 0 aliphatic carbocycles. The quantitative estimate of drug-likeness (QED) is 0.393. The summed E-state index contributed by atoms with van der Waals surface area (Å²) in [4.78, 5) is 0. The number of nitrogens with one attached hydrogen (secondary N) is 2. The molecular formula is C4H15N3. The highest BCUT2D eigenvalue weighted by Crippen LogP contribution is 1.30. The zero-order valence-electron chi connectivity index (χ0n) is 5.28. The molecule has 0 spiro atoms. The molecule has 0 rings (SSSR count). The molecule has 0 amide bonds. The predicted molar refractivity (Wildman–Crippen MR) is 33.1 cm³/mol. The van der Waals surface area contributed by atoms with E-state index in [0.717, 1.165) is 6.67 Å². The van der Waals surface area contributed by atoms with Crippen molar-refractivity contribution < 1.29 is 0 Å². The monoisotopic (exact) mass is 105 g/mol. The van der Waals surface area contributed by atoms with Gasteiger partial charge < -0.3 is 16.4 Å². The first-order valence-electron chi connectivity index (χ1n) is 2.28. The van der Waals surface area contributed by atoms with Crippen LogP contribution in [0.3, 0.4) is 0 Å². The molecule has 0 aromatic rings. The van der Waals surface area contributed by atoms with Gasteiger partial charge in [0.2, 0.25) is 0 Å². The molecule has 0 aliphatic heterocycles. The Kier molecular flexibility index (Phi) is 24.1. The molecule has 0 saturated heterocycles. The molecule has 0 unspecified atom stereocenters. The Balaban J connectivity index is 0. The van der Waals surface area contributed by atoms with Crippen molar-refractivity contribution in [3.8, 4) is 0 Å². The molecule has 0 saturated carbocycles. The summed E-state index contributed by atoms with van der Waals surface area (Å²) in [6, 6.07) is 0. The second-order valence-corrected chi connectivity index (χ2v) is 0.884. The van der Waals surface area contributed by atoms with Gasteiger partial charge in [-0.05, 0) is 21.1 Å². The minimum absolute atomic E-state index is 0.889. The molecule has 0 atom stereocenters. The molecule has 3 nitrogen and oxygen atoms in total. The zero-order valence-corrected chi connectivity index (χ0v) is 5.28. The third-order valence-electron chi connectivity index (χ3n) is 0.354. The van der Waals surface area contributed by atoms with Crippen molar-refractivity contribution in [1.29, 1.82) is 0 Å². The molecule has 0 heterocycles. The Morgan fingerprint density at radius 3 is 1.43 bits per heavy atom. The maximum Gasteiger partial charge on any atom is 0.0449 e. The van der Waals surface area contributed by atoms with Gasteiger partial charge in [-0.15, -0.1) is 0 Å². The fourth-order valence-corrected chi connectivity index (χ4v) is 0.177. The minimum Gasteiger partial charge on any atom is -0.333 e. The number of hydrogen-bond donors (Lipinski definition) is 3. The van der Waals surface area contributed by atoms with Crippen molar-refractivity contribution in [3.63, 3.8) is 0 Å². The number of rotatable bonds is 2. The first-order chi connectivity index (χ1) is 3.41. The van der Waals surface area contributed by atoms with Gasteiger partial charge in [0.25, 0.3) is 0 Å². The van der Waals surface area contributed by atoms with E-state index in [1.165, 1.54) is 7.05 Å². The van der Waals surface area contributed by atoms with Crippen molar-refractivity contribution in [2.24, 2.45) is 5.73 Å². The molecule has 0 aliphatic rings. The Morgan fingerprint density at radius 1 is 1.14 bits per heavy atom. The summed E-state index contributed by atoms with van der Waals surface area (Å²) < 4.78 is 0. The van der Waals surface area contributed by atoms with Gasteiger partial charge in [0.1, 0.15) is 0 Å². The molecule has 7 heavy (non-hydrogen) atoms. The van der Waals surface area contributed by atoms with Gasteiger partial charge in [-0.3, -0.25) is 0 Å². The van der Waals surface area contributed by atoms with Crippen LogP contribution in [-0.4, -0.2) is 27.8 Å². The van der Waals surface area contributed by atoms with Gasteiger partial charge in [0.05, 0.1) is 0 Å². The van der Waals surface area contributed by atoms with Gasteiger partial charge in [0, 0.05) is 6.67 Å². The Labute approximate surface area is 45.3 Å². The van der Waals surface area contributed by atoms with Crippen LogP contribution in [0.4, 0.5) is 0 Å². The first kappa shape index (κ1) is 9.99. The van der Waals surface area contributed by atoms with Crippen LogP contribution >= 0.6 is 0 Å². The number of hydrogen-bond acceptors (Lipinski definition) is 3. The summed E-state index contributed by atoms with van der Waals surface area (Å²) in [5.41, 5.74) is 4.50. The minimum atomic E-state index is 0.889. The molecule has 0 radical (unpaired) electrons. The van der Waals surface area contributed by atoms with E-state index < -0.39 is 0 Å². The van der Waals surface area contributed by atoms with Crippen LogP contribution in [0.5, 0.6) is 0 Å². The van der Waals surface area contributed by atoms with E-state index in [9.17, 15) is 0 Å². The first-order valence-corrected chi connectivity index (χ1v) is 2.28. The molecule has 0 fully saturated rings. The van der Waals surface area contributed by atoms with E-state index in [0.29, 0.717) is 0 Å². The topological polar surface area (TPSA) is 50.1 Å². The molecular weight excluding hydrogens is 90.1 g/mol. The largest absolute Gasteiger partial charge is 0.333 e. The normalized spacial score (nSPS) is 6.86. The van der Waals surface area contributed by atoms with Crippen LogP contribution in [0.15, 0.2) is 0 Å². The van der Waals surface area contributed by atoms with Crippen molar-refractivity contribution >= 4 is 0 Å². The average molecular weight is 105 g/mol. The molecule has 4 N–H and O–H groups in total. The smallest absolute Gasteiger partial charge is 0.0449 e. The summed E-state index contributed by atoms with van der Waals surface area (Å²) in [6.45, 7) is 0.889. The summed E-state index contributed by atoms with van der Waals surface area (Å²) in [5, 5.41) is 5.81. The van der Waals surface area contributed by atoms with Crippen LogP contribution < -0.4 is 16.4 Å². The predicted octanol–water partition coefficient (Wildman–Crippen LogP) is -1.04. The van der Waals surface area contributed by atoms with Gasteiger partial charge in [-0.1, -0.05) is 0 Å². The summed E-state index contributed by atoms with van der Waals surface area (Å²) >= 11 is 0. The zero-order chi connectivity index (χ0) is 6.12. The fourth-order valence-electron chi connectivity index (χ4n) is 0.177. The number of nitrogens with two attached hydrogens (primary N) is 1. The Hall–Kier alpha value is -0.120. The van der Waals surface area contributed by atoms with Gasteiger partial charge >= 0.3 is 0 Å². The molecule has 0 bridgehead atoms. The lowest BCUT2D eigenvalue weighted by atomic mass is 11.0. The van der Waals surface area contributed by atoms with Gasteiger partial charge in [-0.2, -0.15) is 0 Å². The molecule has 3 heteroatoms. The van der Waals surface area contributed by atoms with Crippen LogP contribution in [-0.2, 0) is 0 Å². The highest BCUT2D eigenvalue weighted by atomic mass is 15.0. The van der Waals surface area contributed by atoms with Crippen LogP contribution in [0.1, 0.15) is 0 Å². The van der Waals surface area contributed by atoms with E-state index in [1.54, 1.807) is 0 Å². The lowest BCUT2D eigenvalue weighted by Crippen LogP contribution is -2.21. The highest BCUT2D eigenvalue weighted by Gasteiger charge is 1.60. The second-order valence-electron chi connectivity index (χ2n) is 0.884. The van der Waals surface area contributed by atoms with Gasteiger partial charge in [0.15, 0.2) is 0 Å². The standard InChI is InChI=1S/C3H10N2.CH5N/c1-4-3-5-2;1-2/h4-5H,3H2,1-2H3;2H2,1H3. The van der Waals surface area contributed by atoms with Gasteiger partial charge in [-0.25, -0.2) is 0 Å². The van der Waals surface area contributed by atoms with Crippen LogP contribution in [0.2, 0.25) is 0 Å². The fraction of sp³-hybridized carbons (Fsp3) is 1.00. The van der Waals surface area contributed by atoms with Crippen LogP contribution in [0.25, 0.3) is 0 Å². The third kappa shape index (κ3) is 25.0. The maximum absolute atomic E-state index is 4.50. The summed E-state index contributed by atoms with van der Waals surface area (Å²) in [7, 11) is 5.30. The van der Waals surface area contributed by atoms with E-state index >= 15 is 0 Å². The molecule has 0 aromatic carbocycles. The van der Waals surface area contributed by atoms with E-state index in [-0.39, 0.29) is 0 Å². The second kappa shape index (κ2) is 16.9. The van der Waals surface area contributed by atoms with Crippen molar-refractivity contribution in [2.45, 2.75) is 0 Å². The highest BCUT2D eigenvalue weighted by molar-refractivity contribution is 4.22. The van der Waals surface area contributed by atoms with Crippen molar-refractivity contribution in [2.75, 3.05) is 27.8 Å². The van der Waals surface area contributed by atoms with Crippen molar-refractivity contribution in [3.05, 3.63) is 0 Å². The lowest BCUT2D eigenvalue weighted by molar-refractivity contribution is 0.708. The van der Waals surface area contributed by atoms with E-state index in [1.807, 2.05) is 14.1 Å². The molecule has 46 valence electrons. The average Bonchev–Trinajstić information content (AvgIpc) is 1.75. The Bertz CT molecular complexity index is 14.4.